The second-order valence-corrected chi connectivity index (χ2v) is 3.33. The van der Waals surface area contributed by atoms with Gasteiger partial charge in [-0.25, -0.2) is 28.4 Å². The molecule has 9 heteroatoms. The van der Waals surface area contributed by atoms with Crippen molar-refractivity contribution in [3.05, 3.63) is 17.7 Å². The first-order valence-electron chi connectivity index (χ1n) is 4.96. The minimum absolute atomic E-state index is 0.260. The largest absolute Gasteiger partial charge is 0.395 e. The first-order chi connectivity index (χ1) is 8.49. The number of nitrogen functional groups attached to an aromatic ring is 1. The molecule has 0 saturated heterocycles. The van der Waals surface area contributed by atoms with E-state index >= 15 is 0 Å². The number of anilines is 2. The summed E-state index contributed by atoms with van der Waals surface area (Å²) in [6, 6.07) is 0.480. The fourth-order valence-corrected chi connectivity index (χ4v) is 1.35. The maximum atomic E-state index is 13.5. The van der Waals surface area contributed by atoms with Crippen LogP contribution >= 0.6 is 0 Å². The maximum absolute atomic E-state index is 13.5. The summed E-state index contributed by atoms with van der Waals surface area (Å²) in [5.41, 5.74) is 1.88. The lowest BCUT2D eigenvalue weighted by Crippen LogP contribution is -2.33. The van der Waals surface area contributed by atoms with Crippen molar-refractivity contribution in [1.29, 1.82) is 0 Å². The van der Waals surface area contributed by atoms with Crippen molar-refractivity contribution in [2.75, 3.05) is 30.0 Å². The van der Waals surface area contributed by atoms with E-state index in [4.69, 9.17) is 10.9 Å². The summed E-state index contributed by atoms with van der Waals surface area (Å²) in [6.45, 7) is -1.57. The van der Waals surface area contributed by atoms with Gasteiger partial charge in [-0.15, -0.1) is 0 Å². The number of hydrazine groups is 1. The summed E-state index contributed by atoms with van der Waals surface area (Å²) in [7, 11) is 0. The van der Waals surface area contributed by atoms with Gasteiger partial charge in [-0.1, -0.05) is 0 Å². The highest BCUT2D eigenvalue weighted by atomic mass is 19.3. The van der Waals surface area contributed by atoms with Gasteiger partial charge in [-0.2, -0.15) is 0 Å². The van der Waals surface area contributed by atoms with Crippen LogP contribution in [0.2, 0.25) is 0 Å². The molecule has 0 saturated carbocycles. The van der Waals surface area contributed by atoms with Crippen molar-refractivity contribution in [3.63, 3.8) is 0 Å². The van der Waals surface area contributed by atoms with Crippen molar-refractivity contribution < 1.29 is 22.7 Å². The number of alkyl halides is 2. The summed E-state index contributed by atoms with van der Waals surface area (Å²) in [5.74, 6) is 1.83. The second kappa shape index (κ2) is 6.36. The van der Waals surface area contributed by atoms with Gasteiger partial charge < -0.3 is 15.4 Å². The van der Waals surface area contributed by atoms with Crippen molar-refractivity contribution in [1.82, 2.24) is 4.98 Å². The van der Waals surface area contributed by atoms with E-state index < -0.39 is 42.8 Å². The van der Waals surface area contributed by atoms with E-state index in [1.165, 1.54) is 0 Å². The highest BCUT2D eigenvalue weighted by molar-refractivity contribution is 5.48. The molecule has 5 nitrogen and oxygen atoms in total. The van der Waals surface area contributed by atoms with E-state index in [1.54, 1.807) is 0 Å². The molecule has 0 fully saturated rings. The van der Waals surface area contributed by atoms with Gasteiger partial charge in [0, 0.05) is 12.6 Å². The first kappa shape index (κ1) is 14.5. The number of aromatic nitrogens is 1. The molecule has 0 aliphatic rings. The minimum atomic E-state index is -2.75. The molecule has 0 radical (unpaired) electrons. The Morgan fingerprint density at radius 3 is 2.56 bits per heavy atom. The zero-order valence-electron chi connectivity index (χ0n) is 9.21. The number of nitrogens with one attached hydrogen (secondary N) is 1. The highest BCUT2D eigenvalue weighted by Gasteiger charge is 2.20. The average Bonchev–Trinajstić information content (AvgIpc) is 2.28. The Morgan fingerprint density at radius 1 is 1.39 bits per heavy atom. The Bertz CT molecular complexity index is 404. The van der Waals surface area contributed by atoms with E-state index in [1.807, 2.05) is 5.43 Å². The number of nitrogens with zero attached hydrogens (tertiary/aromatic N) is 2. The van der Waals surface area contributed by atoms with E-state index in [2.05, 4.69) is 4.98 Å². The van der Waals surface area contributed by atoms with Gasteiger partial charge >= 0.3 is 0 Å². The van der Waals surface area contributed by atoms with E-state index in [9.17, 15) is 17.6 Å². The number of aliphatic hydroxyl groups excluding tert-OH is 1. The van der Waals surface area contributed by atoms with Crippen LogP contribution in [0.3, 0.4) is 0 Å². The molecule has 4 N–H and O–H groups in total. The molecule has 0 aliphatic heterocycles. The van der Waals surface area contributed by atoms with Crippen molar-refractivity contribution >= 4 is 11.6 Å². The summed E-state index contributed by atoms with van der Waals surface area (Å²) < 4.78 is 51.1. The molecule has 1 aromatic heterocycles. The lowest BCUT2D eigenvalue weighted by Gasteiger charge is -2.23. The van der Waals surface area contributed by atoms with Gasteiger partial charge in [0.2, 0.25) is 0 Å². The molecule has 1 heterocycles. The predicted molar refractivity (Wildman–Crippen MR) is 57.3 cm³/mol. The zero-order chi connectivity index (χ0) is 13.7. The smallest absolute Gasteiger partial charge is 0.255 e. The second-order valence-electron chi connectivity index (χ2n) is 3.33. The van der Waals surface area contributed by atoms with E-state index in [0.717, 1.165) is 4.90 Å². The number of nitrogens with two attached hydrogens (primary N) is 1. The van der Waals surface area contributed by atoms with Gasteiger partial charge in [0.1, 0.15) is 0 Å². The topological polar surface area (TPSA) is 74.4 Å². The van der Waals surface area contributed by atoms with Gasteiger partial charge in [0.25, 0.3) is 6.43 Å². The van der Waals surface area contributed by atoms with Crippen LogP contribution in [0.5, 0.6) is 0 Å². The molecule has 0 unspecified atom stereocenters. The first-order valence-corrected chi connectivity index (χ1v) is 4.96. The van der Waals surface area contributed by atoms with E-state index in [-0.39, 0.29) is 6.54 Å². The van der Waals surface area contributed by atoms with Crippen LogP contribution in [0.4, 0.5) is 29.2 Å². The number of halogens is 4. The molecule has 18 heavy (non-hydrogen) atoms. The Labute approximate surface area is 100 Å². The third kappa shape index (κ3) is 3.44. The molecule has 0 spiro atoms. The number of aliphatic hydroxyl groups is 1. The Hall–Kier alpha value is -1.61. The monoisotopic (exact) mass is 268 g/mol. The quantitative estimate of drug-likeness (QED) is 0.402. The van der Waals surface area contributed by atoms with Crippen LogP contribution in [0.15, 0.2) is 6.07 Å². The van der Waals surface area contributed by atoms with Crippen LogP contribution in [0.25, 0.3) is 0 Å². The lowest BCUT2D eigenvalue weighted by atomic mass is 10.3. The Kier molecular flexibility index (Phi) is 5.10. The van der Waals surface area contributed by atoms with Crippen molar-refractivity contribution in [3.8, 4) is 0 Å². The Morgan fingerprint density at radius 2 is 2.06 bits per heavy atom. The van der Waals surface area contributed by atoms with Crippen LogP contribution in [0.1, 0.15) is 0 Å². The molecular weight excluding hydrogens is 256 g/mol. The summed E-state index contributed by atoms with van der Waals surface area (Å²) in [4.78, 5) is 4.26. The molecule has 0 amide bonds. The average molecular weight is 268 g/mol. The molecule has 0 bridgehead atoms. The normalized spacial score (nSPS) is 10.8. The van der Waals surface area contributed by atoms with E-state index in [0.29, 0.717) is 6.07 Å². The van der Waals surface area contributed by atoms with Crippen LogP contribution in [-0.2, 0) is 0 Å². The Balaban J connectivity index is 3.10. The van der Waals surface area contributed by atoms with Gasteiger partial charge in [0.05, 0.1) is 13.2 Å². The fourth-order valence-electron chi connectivity index (χ4n) is 1.35. The van der Waals surface area contributed by atoms with Crippen LogP contribution < -0.4 is 16.2 Å². The van der Waals surface area contributed by atoms with Crippen molar-refractivity contribution in [2.24, 2.45) is 5.84 Å². The maximum Gasteiger partial charge on any atom is 0.255 e. The SMILES string of the molecule is NNc1nc(N(CCO)CC(F)F)c(F)cc1F. The fraction of sp³-hybridized carbons (Fsp3) is 0.444. The van der Waals surface area contributed by atoms with Gasteiger partial charge in [-0.3, -0.25) is 0 Å². The molecular formula is C9H12F4N4O. The number of pyridine rings is 1. The molecule has 1 rings (SSSR count). The van der Waals surface area contributed by atoms with Crippen LogP contribution in [-0.4, -0.2) is 36.2 Å². The molecule has 0 aliphatic carbocycles. The summed E-state index contributed by atoms with van der Waals surface area (Å²) in [5, 5.41) is 8.73. The summed E-state index contributed by atoms with van der Waals surface area (Å²) in [6.07, 6.45) is -2.75. The summed E-state index contributed by atoms with van der Waals surface area (Å²) >= 11 is 0. The highest BCUT2D eigenvalue weighted by Crippen LogP contribution is 2.22. The van der Waals surface area contributed by atoms with Crippen LogP contribution in [0, 0.1) is 11.6 Å². The number of rotatable bonds is 6. The number of hydrogen-bond acceptors (Lipinski definition) is 5. The van der Waals surface area contributed by atoms with Crippen molar-refractivity contribution in [2.45, 2.75) is 6.43 Å². The third-order valence-corrected chi connectivity index (χ3v) is 2.08. The third-order valence-electron chi connectivity index (χ3n) is 2.08. The van der Waals surface area contributed by atoms with Gasteiger partial charge in [-0.05, 0) is 0 Å². The number of hydrogen-bond donors (Lipinski definition) is 3. The zero-order valence-corrected chi connectivity index (χ0v) is 9.21. The predicted octanol–water partition coefficient (Wildman–Crippen LogP) is 0.709. The lowest BCUT2D eigenvalue weighted by molar-refractivity contribution is 0.152. The minimum Gasteiger partial charge on any atom is -0.395 e. The molecule has 0 atom stereocenters. The molecule has 0 aromatic carbocycles. The standard InChI is InChI=1S/C9H12F4N4O/c10-5-3-6(11)9(15-8(5)16-14)17(1-2-18)4-7(12)13/h3,7,18H,1-2,4,14H2,(H,15,16). The van der Waals surface area contributed by atoms with Gasteiger partial charge in [0.15, 0.2) is 23.3 Å². The molecule has 1 aromatic rings. The molecule has 102 valence electrons.